The number of aryl methyl sites for hydroxylation is 1. The number of anilines is 1. The molecule has 4 aromatic rings. The second kappa shape index (κ2) is 6.11. The lowest BCUT2D eigenvalue weighted by Crippen LogP contribution is -2.12. The van der Waals surface area contributed by atoms with Gasteiger partial charge in [-0.1, -0.05) is 6.07 Å². The van der Waals surface area contributed by atoms with Crippen LogP contribution in [0.2, 0.25) is 0 Å². The Kier molecular flexibility index (Phi) is 3.76. The molecule has 0 radical (unpaired) electrons. The molecule has 0 aliphatic rings. The van der Waals surface area contributed by atoms with Crippen LogP contribution in [0.3, 0.4) is 0 Å². The first-order chi connectivity index (χ1) is 12.5. The average Bonchev–Trinajstić information content (AvgIpc) is 3.19. The standard InChI is InChI=1S/C19H18N6O/c1-12-13(2)23-25(14(12)3)19-20-9-16(10-21-19)22-18(26)15-8-17-6-4-5-7-24(17)11-15/h4-11H,1-3H3,(H,22,26). The summed E-state index contributed by atoms with van der Waals surface area (Å²) in [7, 11) is 0. The Morgan fingerprint density at radius 1 is 1.12 bits per heavy atom. The maximum atomic E-state index is 12.4. The van der Waals surface area contributed by atoms with E-state index in [9.17, 15) is 4.79 Å². The van der Waals surface area contributed by atoms with Crippen LogP contribution < -0.4 is 5.32 Å². The highest BCUT2D eigenvalue weighted by atomic mass is 16.1. The fourth-order valence-electron chi connectivity index (χ4n) is 2.79. The molecule has 130 valence electrons. The van der Waals surface area contributed by atoms with Gasteiger partial charge in [0.2, 0.25) is 0 Å². The highest BCUT2D eigenvalue weighted by Gasteiger charge is 2.12. The second-order valence-electron chi connectivity index (χ2n) is 6.20. The number of carbonyl (C=O) groups is 1. The molecule has 4 heterocycles. The van der Waals surface area contributed by atoms with E-state index < -0.39 is 0 Å². The van der Waals surface area contributed by atoms with Crippen molar-refractivity contribution < 1.29 is 4.79 Å². The van der Waals surface area contributed by atoms with Crippen molar-refractivity contribution >= 4 is 17.1 Å². The van der Waals surface area contributed by atoms with Crippen molar-refractivity contribution in [1.82, 2.24) is 24.1 Å². The first kappa shape index (κ1) is 16.0. The maximum absolute atomic E-state index is 12.4. The number of aromatic nitrogens is 5. The summed E-state index contributed by atoms with van der Waals surface area (Å²) in [6, 6.07) is 7.64. The van der Waals surface area contributed by atoms with Crippen molar-refractivity contribution in [1.29, 1.82) is 0 Å². The fourth-order valence-corrected chi connectivity index (χ4v) is 2.79. The third kappa shape index (κ3) is 2.73. The Morgan fingerprint density at radius 3 is 2.54 bits per heavy atom. The van der Waals surface area contributed by atoms with Crippen LogP contribution in [0.25, 0.3) is 11.5 Å². The van der Waals surface area contributed by atoms with Gasteiger partial charge in [0.1, 0.15) is 0 Å². The van der Waals surface area contributed by atoms with E-state index in [0.29, 0.717) is 17.2 Å². The van der Waals surface area contributed by atoms with E-state index in [1.165, 1.54) is 0 Å². The van der Waals surface area contributed by atoms with Gasteiger partial charge in [0.15, 0.2) is 0 Å². The van der Waals surface area contributed by atoms with E-state index in [0.717, 1.165) is 22.5 Å². The molecule has 0 aromatic carbocycles. The molecule has 0 unspecified atom stereocenters. The first-order valence-corrected chi connectivity index (χ1v) is 8.26. The number of fused-ring (bicyclic) bond motifs is 1. The summed E-state index contributed by atoms with van der Waals surface area (Å²) in [6.07, 6.45) is 6.86. The van der Waals surface area contributed by atoms with E-state index >= 15 is 0 Å². The van der Waals surface area contributed by atoms with Crippen LogP contribution in [-0.4, -0.2) is 30.1 Å². The Morgan fingerprint density at radius 2 is 1.88 bits per heavy atom. The molecule has 0 aliphatic carbocycles. The molecule has 26 heavy (non-hydrogen) atoms. The van der Waals surface area contributed by atoms with Gasteiger partial charge in [-0.05, 0) is 44.5 Å². The molecule has 7 heteroatoms. The van der Waals surface area contributed by atoms with Crippen LogP contribution in [0, 0.1) is 20.8 Å². The molecule has 4 rings (SSSR count). The highest BCUT2D eigenvalue weighted by Crippen LogP contribution is 2.16. The largest absolute Gasteiger partial charge is 0.323 e. The number of amides is 1. The van der Waals surface area contributed by atoms with E-state index in [-0.39, 0.29) is 5.91 Å². The van der Waals surface area contributed by atoms with Crippen molar-refractivity contribution in [2.24, 2.45) is 0 Å². The van der Waals surface area contributed by atoms with Crippen LogP contribution in [-0.2, 0) is 0 Å². The van der Waals surface area contributed by atoms with E-state index in [1.54, 1.807) is 23.3 Å². The summed E-state index contributed by atoms with van der Waals surface area (Å²) in [4.78, 5) is 21.1. The SMILES string of the molecule is Cc1nn(-c2ncc(NC(=O)c3cc4ccccn4c3)cn2)c(C)c1C. The van der Waals surface area contributed by atoms with Gasteiger partial charge >= 0.3 is 0 Å². The van der Waals surface area contributed by atoms with Crippen molar-refractivity contribution in [3.8, 4) is 5.95 Å². The summed E-state index contributed by atoms with van der Waals surface area (Å²) in [5, 5.41) is 7.27. The molecular formula is C19H18N6O. The first-order valence-electron chi connectivity index (χ1n) is 8.26. The summed E-state index contributed by atoms with van der Waals surface area (Å²) in [5.41, 5.74) is 5.14. The lowest BCUT2D eigenvalue weighted by molar-refractivity contribution is 0.102. The van der Waals surface area contributed by atoms with E-state index in [2.05, 4.69) is 20.4 Å². The number of pyridine rings is 1. The quantitative estimate of drug-likeness (QED) is 0.618. The van der Waals surface area contributed by atoms with Crippen LogP contribution in [0.1, 0.15) is 27.3 Å². The van der Waals surface area contributed by atoms with Crippen LogP contribution >= 0.6 is 0 Å². The predicted molar refractivity (Wildman–Crippen MR) is 98.7 cm³/mol. The molecule has 0 fully saturated rings. The van der Waals surface area contributed by atoms with Crippen molar-refractivity contribution in [3.63, 3.8) is 0 Å². The Bertz CT molecular complexity index is 1070. The van der Waals surface area contributed by atoms with E-state index in [4.69, 9.17) is 0 Å². The van der Waals surface area contributed by atoms with Gasteiger partial charge in [0, 0.05) is 23.6 Å². The minimum absolute atomic E-state index is 0.202. The number of hydrogen-bond acceptors (Lipinski definition) is 4. The second-order valence-corrected chi connectivity index (χ2v) is 6.20. The third-order valence-electron chi connectivity index (χ3n) is 4.51. The number of nitrogens with zero attached hydrogens (tertiary/aromatic N) is 5. The van der Waals surface area contributed by atoms with Gasteiger partial charge in [-0.2, -0.15) is 5.10 Å². The molecule has 0 saturated heterocycles. The van der Waals surface area contributed by atoms with Crippen LogP contribution in [0.5, 0.6) is 0 Å². The van der Waals surface area contributed by atoms with Gasteiger partial charge in [-0.25, -0.2) is 14.6 Å². The molecule has 1 amide bonds. The maximum Gasteiger partial charge on any atom is 0.257 e. The van der Waals surface area contributed by atoms with Crippen LogP contribution in [0.15, 0.2) is 49.1 Å². The summed E-state index contributed by atoms with van der Waals surface area (Å²) in [5.74, 6) is 0.276. The molecule has 0 aliphatic heterocycles. The van der Waals surface area contributed by atoms with Crippen molar-refractivity contribution in [3.05, 3.63) is 71.6 Å². The number of hydrogen-bond donors (Lipinski definition) is 1. The van der Waals surface area contributed by atoms with Gasteiger partial charge in [0.05, 0.1) is 29.3 Å². The average molecular weight is 346 g/mol. The molecule has 1 N–H and O–H groups in total. The molecule has 0 atom stereocenters. The Balaban J connectivity index is 1.55. The zero-order chi connectivity index (χ0) is 18.3. The zero-order valence-electron chi connectivity index (χ0n) is 14.8. The summed E-state index contributed by atoms with van der Waals surface area (Å²) in [6.45, 7) is 5.95. The molecular weight excluding hydrogens is 328 g/mol. The van der Waals surface area contributed by atoms with Gasteiger partial charge < -0.3 is 9.72 Å². The summed E-state index contributed by atoms with van der Waals surface area (Å²) < 4.78 is 3.61. The lowest BCUT2D eigenvalue weighted by Gasteiger charge is -2.05. The van der Waals surface area contributed by atoms with Gasteiger partial charge in [-0.3, -0.25) is 4.79 Å². The van der Waals surface area contributed by atoms with Crippen LogP contribution in [0.4, 0.5) is 5.69 Å². The fraction of sp³-hybridized carbons (Fsp3) is 0.158. The number of rotatable bonds is 3. The highest BCUT2D eigenvalue weighted by molar-refractivity contribution is 6.04. The predicted octanol–water partition coefficient (Wildman–Crippen LogP) is 3.09. The minimum Gasteiger partial charge on any atom is -0.323 e. The molecule has 0 saturated carbocycles. The third-order valence-corrected chi connectivity index (χ3v) is 4.51. The van der Waals surface area contributed by atoms with Gasteiger partial charge in [0.25, 0.3) is 11.9 Å². The lowest BCUT2D eigenvalue weighted by atomic mass is 10.2. The Labute approximate surface area is 150 Å². The van der Waals surface area contributed by atoms with Gasteiger partial charge in [-0.15, -0.1) is 0 Å². The normalized spacial score (nSPS) is 11.0. The molecule has 7 nitrogen and oxygen atoms in total. The number of carbonyl (C=O) groups excluding carboxylic acids is 1. The Hall–Kier alpha value is -3.48. The van der Waals surface area contributed by atoms with Crippen molar-refractivity contribution in [2.45, 2.75) is 20.8 Å². The zero-order valence-corrected chi connectivity index (χ0v) is 14.8. The van der Waals surface area contributed by atoms with Crippen molar-refractivity contribution in [2.75, 3.05) is 5.32 Å². The summed E-state index contributed by atoms with van der Waals surface area (Å²) >= 11 is 0. The number of nitrogens with one attached hydrogen (secondary N) is 1. The smallest absolute Gasteiger partial charge is 0.257 e. The van der Waals surface area contributed by atoms with E-state index in [1.807, 2.05) is 55.6 Å². The monoisotopic (exact) mass is 346 g/mol. The molecule has 4 aromatic heterocycles. The molecule has 0 spiro atoms. The minimum atomic E-state index is -0.202. The topological polar surface area (TPSA) is 77.1 Å². The molecule has 0 bridgehead atoms.